The summed E-state index contributed by atoms with van der Waals surface area (Å²) < 4.78 is 1.78. The highest BCUT2D eigenvalue weighted by molar-refractivity contribution is 5.74. The second-order valence-electron chi connectivity index (χ2n) is 5.90. The molecule has 3 rings (SSSR count). The average Bonchev–Trinajstić information content (AvgIpc) is 3.21. The molecule has 26 heavy (non-hydrogen) atoms. The molecule has 0 spiro atoms. The van der Waals surface area contributed by atoms with Crippen molar-refractivity contribution >= 4 is 6.03 Å². The van der Waals surface area contributed by atoms with Crippen LogP contribution >= 0.6 is 0 Å². The third-order valence-electron chi connectivity index (χ3n) is 4.02. The zero-order valence-electron chi connectivity index (χ0n) is 14.4. The number of urea groups is 1. The van der Waals surface area contributed by atoms with Gasteiger partial charge in [-0.15, -0.1) is 0 Å². The van der Waals surface area contributed by atoms with E-state index < -0.39 is 0 Å². The maximum absolute atomic E-state index is 12.1. The highest BCUT2D eigenvalue weighted by Crippen LogP contribution is 2.15. The zero-order chi connectivity index (χ0) is 18.4. The minimum Gasteiger partial charge on any atom is -0.334 e. The van der Waals surface area contributed by atoms with Gasteiger partial charge in [-0.25, -0.2) is 9.48 Å². The molecule has 0 saturated heterocycles. The zero-order valence-corrected chi connectivity index (χ0v) is 14.4. The molecule has 1 atom stereocenters. The largest absolute Gasteiger partial charge is 0.334 e. The van der Waals surface area contributed by atoms with Gasteiger partial charge in [-0.3, -0.25) is 0 Å². The lowest BCUT2D eigenvalue weighted by Gasteiger charge is -2.15. The number of aromatic nitrogens is 2. The fraction of sp³-hybridized carbons (Fsp3) is 0.150. The van der Waals surface area contributed by atoms with E-state index in [9.17, 15) is 4.79 Å². The van der Waals surface area contributed by atoms with Crippen LogP contribution in [0.1, 0.15) is 29.7 Å². The molecule has 2 N–H and O–H groups in total. The summed E-state index contributed by atoms with van der Waals surface area (Å²) in [6.45, 7) is 2.30. The fourth-order valence-corrected chi connectivity index (χ4v) is 2.60. The van der Waals surface area contributed by atoms with E-state index in [1.165, 1.54) is 0 Å². The number of hydrogen-bond acceptors (Lipinski definition) is 3. The van der Waals surface area contributed by atoms with E-state index in [-0.39, 0.29) is 12.1 Å². The number of nitrogens with zero attached hydrogens (tertiary/aromatic N) is 3. The lowest BCUT2D eigenvalue weighted by Crippen LogP contribution is -2.36. The number of carbonyl (C=O) groups is 1. The minimum absolute atomic E-state index is 0.132. The molecule has 0 fully saturated rings. The van der Waals surface area contributed by atoms with Gasteiger partial charge in [0, 0.05) is 18.9 Å². The molecule has 0 aliphatic carbocycles. The van der Waals surface area contributed by atoms with Crippen molar-refractivity contribution in [3.8, 4) is 11.8 Å². The topological polar surface area (TPSA) is 82.7 Å². The number of nitrogens with one attached hydrogen (secondary N) is 2. The molecule has 6 nitrogen and oxygen atoms in total. The fourth-order valence-electron chi connectivity index (χ4n) is 2.60. The molecule has 0 bridgehead atoms. The van der Waals surface area contributed by atoms with Crippen LogP contribution in [0, 0.1) is 11.3 Å². The molecule has 2 aromatic carbocycles. The van der Waals surface area contributed by atoms with Gasteiger partial charge < -0.3 is 10.6 Å². The van der Waals surface area contributed by atoms with Gasteiger partial charge in [0.05, 0.1) is 23.4 Å². The van der Waals surface area contributed by atoms with Crippen LogP contribution in [-0.2, 0) is 6.54 Å². The second kappa shape index (κ2) is 7.99. The van der Waals surface area contributed by atoms with E-state index in [1.807, 2.05) is 49.5 Å². The third kappa shape index (κ3) is 4.28. The summed E-state index contributed by atoms with van der Waals surface area (Å²) in [7, 11) is 0. The Morgan fingerprint density at radius 2 is 2.04 bits per heavy atom. The van der Waals surface area contributed by atoms with E-state index in [1.54, 1.807) is 29.1 Å². The molecule has 2 amide bonds. The first-order valence-electron chi connectivity index (χ1n) is 8.29. The highest BCUT2D eigenvalue weighted by atomic mass is 16.2. The Labute approximate surface area is 152 Å². The van der Waals surface area contributed by atoms with Crippen LogP contribution < -0.4 is 10.6 Å². The molecule has 0 radical (unpaired) electrons. The first kappa shape index (κ1) is 17.2. The quantitative estimate of drug-likeness (QED) is 0.744. The molecule has 1 unspecified atom stereocenters. The Bertz CT molecular complexity index is 910. The van der Waals surface area contributed by atoms with E-state index >= 15 is 0 Å². The van der Waals surface area contributed by atoms with Crippen LogP contribution in [0.25, 0.3) is 5.69 Å². The Morgan fingerprint density at radius 3 is 2.73 bits per heavy atom. The Morgan fingerprint density at radius 1 is 1.23 bits per heavy atom. The van der Waals surface area contributed by atoms with Crippen LogP contribution in [0.5, 0.6) is 0 Å². The van der Waals surface area contributed by atoms with Gasteiger partial charge >= 0.3 is 6.03 Å². The van der Waals surface area contributed by atoms with E-state index in [0.29, 0.717) is 12.1 Å². The predicted octanol–water partition coefficient (Wildman–Crippen LogP) is 3.30. The Kier molecular flexibility index (Phi) is 5.30. The normalized spacial score (nSPS) is 11.4. The molecular weight excluding hydrogens is 326 g/mol. The van der Waals surface area contributed by atoms with Gasteiger partial charge in [-0.1, -0.05) is 24.3 Å². The van der Waals surface area contributed by atoms with Gasteiger partial charge in [0.15, 0.2) is 0 Å². The SMILES string of the molecule is CC(NC(=O)NCc1cccc(C#N)c1)c1ccc(-n2cccn2)cc1. The van der Waals surface area contributed by atoms with Crippen molar-refractivity contribution in [2.75, 3.05) is 0 Å². The van der Waals surface area contributed by atoms with Gasteiger partial charge in [0.25, 0.3) is 0 Å². The highest BCUT2D eigenvalue weighted by Gasteiger charge is 2.09. The van der Waals surface area contributed by atoms with Crippen molar-refractivity contribution in [2.45, 2.75) is 19.5 Å². The molecular formula is C20H19N5O. The lowest BCUT2D eigenvalue weighted by atomic mass is 10.1. The maximum Gasteiger partial charge on any atom is 0.315 e. The molecule has 1 aromatic heterocycles. The molecule has 3 aromatic rings. The summed E-state index contributed by atoms with van der Waals surface area (Å²) in [4.78, 5) is 12.1. The minimum atomic E-state index is -0.254. The lowest BCUT2D eigenvalue weighted by molar-refractivity contribution is 0.237. The number of hydrogen-bond donors (Lipinski definition) is 2. The van der Waals surface area contributed by atoms with Crippen LogP contribution in [0.3, 0.4) is 0 Å². The second-order valence-corrected chi connectivity index (χ2v) is 5.90. The van der Waals surface area contributed by atoms with Crippen LogP contribution in [0.15, 0.2) is 67.0 Å². The van der Waals surface area contributed by atoms with Crippen molar-refractivity contribution in [3.05, 3.63) is 83.7 Å². The van der Waals surface area contributed by atoms with Gasteiger partial charge in [0.2, 0.25) is 0 Å². The average molecular weight is 345 g/mol. The number of amides is 2. The molecule has 0 saturated carbocycles. The molecule has 0 aliphatic rings. The van der Waals surface area contributed by atoms with Crippen LogP contribution in [-0.4, -0.2) is 15.8 Å². The number of nitriles is 1. The van der Waals surface area contributed by atoms with Gasteiger partial charge in [0.1, 0.15) is 0 Å². The Hall–Kier alpha value is -3.59. The van der Waals surface area contributed by atoms with Gasteiger partial charge in [-0.05, 0) is 48.4 Å². The first-order valence-corrected chi connectivity index (χ1v) is 8.29. The van der Waals surface area contributed by atoms with Crippen LogP contribution in [0.2, 0.25) is 0 Å². The summed E-state index contributed by atoms with van der Waals surface area (Å²) in [6, 6.07) is 18.6. The van der Waals surface area contributed by atoms with Crippen molar-refractivity contribution in [1.82, 2.24) is 20.4 Å². The number of rotatable bonds is 5. The van der Waals surface area contributed by atoms with Crippen molar-refractivity contribution in [3.63, 3.8) is 0 Å². The number of benzene rings is 2. The monoisotopic (exact) mass is 345 g/mol. The third-order valence-corrected chi connectivity index (χ3v) is 4.02. The van der Waals surface area contributed by atoms with Crippen LogP contribution in [0.4, 0.5) is 4.79 Å². The van der Waals surface area contributed by atoms with E-state index in [4.69, 9.17) is 5.26 Å². The predicted molar refractivity (Wildman–Crippen MR) is 98.5 cm³/mol. The maximum atomic E-state index is 12.1. The van der Waals surface area contributed by atoms with Crippen molar-refractivity contribution in [2.24, 2.45) is 0 Å². The molecule has 6 heteroatoms. The van der Waals surface area contributed by atoms with Crippen molar-refractivity contribution < 1.29 is 4.79 Å². The first-order chi connectivity index (χ1) is 12.7. The number of carbonyl (C=O) groups excluding carboxylic acids is 1. The molecule has 130 valence electrons. The standard InChI is InChI=1S/C20H19N5O/c1-15(18-6-8-19(9-7-18)25-11-3-10-23-25)24-20(26)22-14-17-5-2-4-16(12-17)13-21/h2-12,15H,14H2,1H3,(H2,22,24,26). The molecule has 1 heterocycles. The van der Waals surface area contributed by atoms with E-state index in [2.05, 4.69) is 21.8 Å². The van der Waals surface area contributed by atoms with E-state index in [0.717, 1.165) is 16.8 Å². The summed E-state index contributed by atoms with van der Waals surface area (Å²) in [5.74, 6) is 0. The van der Waals surface area contributed by atoms with Crippen molar-refractivity contribution in [1.29, 1.82) is 5.26 Å². The summed E-state index contributed by atoms with van der Waals surface area (Å²) in [6.07, 6.45) is 3.61. The van der Waals surface area contributed by atoms with Gasteiger partial charge in [-0.2, -0.15) is 10.4 Å². The molecule has 0 aliphatic heterocycles. The Balaban J connectivity index is 1.54. The summed E-state index contributed by atoms with van der Waals surface area (Å²) >= 11 is 0. The summed E-state index contributed by atoms with van der Waals surface area (Å²) in [5, 5.41) is 18.8. The summed E-state index contributed by atoms with van der Waals surface area (Å²) in [5.41, 5.74) is 3.43. The smallest absolute Gasteiger partial charge is 0.315 e.